The van der Waals surface area contributed by atoms with E-state index in [1.165, 1.54) is 0 Å². The number of hydrogen-bond donors (Lipinski definition) is 0. The van der Waals surface area contributed by atoms with E-state index in [1.807, 2.05) is 13.8 Å². The molecule has 0 radical (unpaired) electrons. The zero-order valence-electron chi connectivity index (χ0n) is 9.85. The zero-order valence-corrected chi connectivity index (χ0v) is 11.5. The van der Waals surface area contributed by atoms with Crippen molar-refractivity contribution < 1.29 is 16.8 Å². The molecule has 4 nitrogen and oxygen atoms in total. The molecule has 2 atom stereocenters. The highest BCUT2D eigenvalue weighted by molar-refractivity contribution is 7.99. The van der Waals surface area contributed by atoms with Crippen LogP contribution in [-0.4, -0.2) is 38.8 Å². The normalized spacial score (nSPS) is 32.4. The van der Waals surface area contributed by atoms with E-state index in [1.54, 1.807) is 0 Å². The van der Waals surface area contributed by atoms with Crippen LogP contribution >= 0.6 is 0 Å². The van der Waals surface area contributed by atoms with Gasteiger partial charge in [0, 0.05) is 0 Å². The summed E-state index contributed by atoms with van der Waals surface area (Å²) >= 11 is 0. The summed E-state index contributed by atoms with van der Waals surface area (Å²) in [5.41, 5.74) is 0. The summed E-state index contributed by atoms with van der Waals surface area (Å²) in [6.45, 7) is 3.76. The van der Waals surface area contributed by atoms with Crippen molar-refractivity contribution in [1.29, 1.82) is 0 Å². The van der Waals surface area contributed by atoms with Gasteiger partial charge in [0.25, 0.3) is 0 Å². The molecule has 1 aliphatic heterocycles. The molecule has 0 N–H and O–H groups in total. The van der Waals surface area contributed by atoms with E-state index in [2.05, 4.69) is 0 Å². The van der Waals surface area contributed by atoms with Crippen LogP contribution in [0.2, 0.25) is 0 Å². The summed E-state index contributed by atoms with van der Waals surface area (Å²) < 4.78 is 47.5. The first kappa shape index (κ1) is 14.0. The Hall–Kier alpha value is -0.100. The predicted octanol–water partition coefficient (Wildman–Crippen LogP) is 1.17. The largest absolute Gasteiger partial charge is 0.229 e. The van der Waals surface area contributed by atoms with Gasteiger partial charge < -0.3 is 0 Å². The molecule has 2 unspecified atom stereocenters. The second kappa shape index (κ2) is 5.04. The van der Waals surface area contributed by atoms with Gasteiger partial charge in [-0.2, -0.15) is 0 Å². The van der Waals surface area contributed by atoms with Gasteiger partial charge in [-0.1, -0.05) is 26.7 Å². The minimum absolute atomic E-state index is 0.177. The molecule has 0 aromatic heterocycles. The van der Waals surface area contributed by atoms with Crippen LogP contribution in [0.3, 0.4) is 0 Å². The van der Waals surface area contributed by atoms with E-state index in [0.717, 1.165) is 0 Å². The molecule has 0 aromatic carbocycles. The summed E-state index contributed by atoms with van der Waals surface area (Å²) in [6, 6.07) is 0. The summed E-state index contributed by atoms with van der Waals surface area (Å²) in [7, 11) is -6.41. The standard InChI is InChI=1S/C10H20O4S2/c1-3-5-9-7-15(11,12)8-10(6-4-2)16(9,13)14/h9-10H,3-8H2,1-2H3. The van der Waals surface area contributed by atoms with E-state index in [0.29, 0.717) is 25.7 Å². The lowest BCUT2D eigenvalue weighted by molar-refractivity contribution is 0.535. The molecule has 0 spiro atoms. The molecule has 1 saturated heterocycles. The Labute approximate surface area is 98.3 Å². The van der Waals surface area contributed by atoms with Crippen LogP contribution in [0.1, 0.15) is 39.5 Å². The molecule has 0 saturated carbocycles. The van der Waals surface area contributed by atoms with Crippen LogP contribution in [0.5, 0.6) is 0 Å². The molecule has 1 heterocycles. The third-order valence-corrected chi connectivity index (χ3v) is 7.94. The minimum atomic E-state index is -3.24. The second-order valence-corrected chi connectivity index (χ2v) is 9.15. The smallest absolute Gasteiger partial charge is 0.158 e. The van der Waals surface area contributed by atoms with E-state index in [-0.39, 0.29) is 11.5 Å². The quantitative estimate of drug-likeness (QED) is 0.767. The summed E-state index contributed by atoms with van der Waals surface area (Å²) in [4.78, 5) is 0. The average molecular weight is 268 g/mol. The Morgan fingerprint density at radius 1 is 0.875 bits per heavy atom. The monoisotopic (exact) mass is 268 g/mol. The number of hydrogen-bond acceptors (Lipinski definition) is 4. The van der Waals surface area contributed by atoms with Gasteiger partial charge >= 0.3 is 0 Å². The highest BCUT2D eigenvalue weighted by atomic mass is 32.2. The summed E-state index contributed by atoms with van der Waals surface area (Å²) in [5, 5.41) is -1.35. The van der Waals surface area contributed by atoms with E-state index in [4.69, 9.17) is 0 Å². The van der Waals surface area contributed by atoms with E-state index in [9.17, 15) is 16.8 Å². The van der Waals surface area contributed by atoms with Crippen molar-refractivity contribution in [2.75, 3.05) is 11.5 Å². The Kier molecular flexibility index (Phi) is 4.40. The molecule has 1 aliphatic rings. The van der Waals surface area contributed by atoms with Gasteiger partial charge in [-0.05, 0) is 12.8 Å². The van der Waals surface area contributed by atoms with Crippen molar-refractivity contribution in [3.8, 4) is 0 Å². The topological polar surface area (TPSA) is 68.3 Å². The minimum Gasteiger partial charge on any atom is -0.229 e. The molecule has 1 fully saturated rings. The first-order valence-corrected chi connectivity index (χ1v) is 9.19. The van der Waals surface area contributed by atoms with Crippen LogP contribution in [0.15, 0.2) is 0 Å². The maximum Gasteiger partial charge on any atom is 0.158 e. The Morgan fingerprint density at radius 3 is 1.56 bits per heavy atom. The van der Waals surface area contributed by atoms with Crippen molar-refractivity contribution in [1.82, 2.24) is 0 Å². The number of sulfone groups is 2. The van der Waals surface area contributed by atoms with Crippen LogP contribution in [0.4, 0.5) is 0 Å². The van der Waals surface area contributed by atoms with Crippen LogP contribution in [0, 0.1) is 0 Å². The van der Waals surface area contributed by atoms with Gasteiger partial charge in [-0.15, -0.1) is 0 Å². The van der Waals surface area contributed by atoms with E-state index < -0.39 is 30.2 Å². The zero-order chi connectivity index (χ0) is 12.4. The van der Waals surface area contributed by atoms with Gasteiger partial charge in [-0.25, -0.2) is 16.8 Å². The average Bonchev–Trinajstić information content (AvgIpc) is 2.14. The highest BCUT2D eigenvalue weighted by Gasteiger charge is 2.43. The van der Waals surface area contributed by atoms with Crippen LogP contribution in [0.25, 0.3) is 0 Å². The lowest BCUT2D eigenvalue weighted by Gasteiger charge is -2.29. The van der Waals surface area contributed by atoms with Gasteiger partial charge in [-0.3, -0.25) is 0 Å². The second-order valence-electron chi connectivity index (χ2n) is 4.49. The maximum absolute atomic E-state index is 12.1. The number of rotatable bonds is 4. The first-order chi connectivity index (χ1) is 7.33. The van der Waals surface area contributed by atoms with Gasteiger partial charge in [0.1, 0.15) is 0 Å². The molecular weight excluding hydrogens is 248 g/mol. The van der Waals surface area contributed by atoms with Crippen molar-refractivity contribution in [3.63, 3.8) is 0 Å². The maximum atomic E-state index is 12.1. The van der Waals surface area contributed by atoms with Crippen molar-refractivity contribution in [2.45, 2.75) is 50.0 Å². The fourth-order valence-electron chi connectivity index (χ4n) is 2.24. The molecular formula is C10H20O4S2. The van der Waals surface area contributed by atoms with Crippen molar-refractivity contribution in [3.05, 3.63) is 0 Å². The predicted molar refractivity (Wildman–Crippen MR) is 65.0 cm³/mol. The van der Waals surface area contributed by atoms with Crippen LogP contribution < -0.4 is 0 Å². The highest BCUT2D eigenvalue weighted by Crippen LogP contribution is 2.26. The molecule has 0 amide bonds. The summed E-state index contributed by atoms with van der Waals surface area (Å²) in [5.74, 6) is -0.354. The molecule has 0 bridgehead atoms. The molecule has 16 heavy (non-hydrogen) atoms. The lowest BCUT2D eigenvalue weighted by Crippen LogP contribution is -2.46. The lowest BCUT2D eigenvalue weighted by atomic mass is 10.2. The Bertz CT molecular complexity index is 394. The van der Waals surface area contributed by atoms with Gasteiger partial charge in [0.2, 0.25) is 0 Å². The first-order valence-electron chi connectivity index (χ1n) is 5.76. The fraction of sp³-hybridized carbons (Fsp3) is 1.00. The molecule has 96 valence electrons. The van der Waals surface area contributed by atoms with Crippen molar-refractivity contribution in [2.24, 2.45) is 0 Å². The third kappa shape index (κ3) is 2.97. The fourth-order valence-corrected chi connectivity index (χ4v) is 8.27. The van der Waals surface area contributed by atoms with Crippen LogP contribution in [-0.2, 0) is 19.7 Å². The molecule has 1 rings (SSSR count). The Morgan fingerprint density at radius 2 is 1.25 bits per heavy atom. The Balaban J connectivity index is 3.02. The molecule has 0 aromatic rings. The third-order valence-electron chi connectivity index (χ3n) is 3.03. The SMILES string of the molecule is CCCC1CS(=O)(=O)CC(CCC)S1(=O)=O. The molecule has 0 aliphatic carbocycles. The van der Waals surface area contributed by atoms with Gasteiger partial charge in [0.15, 0.2) is 19.7 Å². The molecule has 6 heteroatoms. The van der Waals surface area contributed by atoms with Gasteiger partial charge in [0.05, 0.1) is 22.0 Å². The summed E-state index contributed by atoms with van der Waals surface area (Å²) in [6.07, 6.45) is 2.33. The van der Waals surface area contributed by atoms with Crippen molar-refractivity contribution >= 4 is 19.7 Å². The van der Waals surface area contributed by atoms with E-state index >= 15 is 0 Å².